The maximum absolute atomic E-state index is 4.45. The molecule has 0 bridgehead atoms. The molecule has 20 heavy (non-hydrogen) atoms. The first-order chi connectivity index (χ1) is 9.85. The summed E-state index contributed by atoms with van der Waals surface area (Å²) in [4.78, 5) is 7.03. The molecule has 0 saturated carbocycles. The summed E-state index contributed by atoms with van der Waals surface area (Å²) in [5.74, 6) is 0. The Kier molecular flexibility index (Phi) is 2.97. The molecule has 2 aromatic heterocycles. The van der Waals surface area contributed by atoms with Gasteiger partial charge < -0.3 is 5.32 Å². The van der Waals surface area contributed by atoms with Crippen LogP contribution in [0.25, 0.3) is 5.65 Å². The molecule has 4 heterocycles. The molecule has 0 aliphatic carbocycles. The molecule has 5 heteroatoms. The molecule has 0 unspecified atom stereocenters. The molecule has 1 spiro atoms. The third-order valence-corrected chi connectivity index (χ3v) is 4.93. The Morgan fingerprint density at radius 2 is 2.15 bits per heavy atom. The lowest BCUT2D eigenvalue weighted by atomic mass is 9.78. The highest BCUT2D eigenvalue weighted by Gasteiger charge is 2.38. The second-order valence-electron chi connectivity index (χ2n) is 6.27. The number of fused-ring (bicyclic) bond motifs is 1. The monoisotopic (exact) mass is 271 g/mol. The van der Waals surface area contributed by atoms with Crippen LogP contribution in [0.3, 0.4) is 0 Å². The van der Waals surface area contributed by atoms with E-state index >= 15 is 0 Å². The van der Waals surface area contributed by atoms with Gasteiger partial charge in [-0.1, -0.05) is 0 Å². The summed E-state index contributed by atoms with van der Waals surface area (Å²) < 4.78 is 1.87. The average molecular weight is 271 g/mol. The van der Waals surface area contributed by atoms with Crippen molar-refractivity contribution in [3.63, 3.8) is 0 Å². The Morgan fingerprint density at radius 1 is 1.25 bits per heavy atom. The fraction of sp³-hybridized carbons (Fsp3) is 0.600. The zero-order valence-electron chi connectivity index (χ0n) is 11.8. The molecular formula is C15H21N5. The first-order valence-corrected chi connectivity index (χ1v) is 7.55. The largest absolute Gasteiger partial charge is 0.317 e. The normalized spacial score (nSPS) is 22.8. The molecule has 2 aliphatic rings. The van der Waals surface area contributed by atoms with E-state index in [2.05, 4.69) is 20.3 Å². The Hall–Kier alpha value is -1.46. The van der Waals surface area contributed by atoms with Gasteiger partial charge in [-0.3, -0.25) is 4.90 Å². The summed E-state index contributed by atoms with van der Waals surface area (Å²) in [5.41, 5.74) is 2.82. The number of nitrogens with zero attached hydrogens (tertiary/aromatic N) is 4. The van der Waals surface area contributed by atoms with Crippen molar-refractivity contribution in [2.24, 2.45) is 5.41 Å². The van der Waals surface area contributed by atoms with E-state index in [1.54, 1.807) is 0 Å². The SMILES string of the molecule is c1cnc2c(CN3CCC4(CCNCC4)C3)cnn2c1. The van der Waals surface area contributed by atoms with E-state index in [1.807, 2.05) is 29.2 Å². The van der Waals surface area contributed by atoms with Gasteiger partial charge in [-0.2, -0.15) is 5.10 Å². The van der Waals surface area contributed by atoms with Crippen LogP contribution in [-0.4, -0.2) is 45.7 Å². The van der Waals surface area contributed by atoms with Crippen LogP contribution in [0.1, 0.15) is 24.8 Å². The number of aromatic nitrogens is 3. The van der Waals surface area contributed by atoms with E-state index in [9.17, 15) is 0 Å². The van der Waals surface area contributed by atoms with E-state index in [1.165, 1.54) is 51.0 Å². The first kappa shape index (κ1) is 12.3. The fourth-order valence-corrected chi connectivity index (χ4v) is 3.76. The minimum atomic E-state index is 0.571. The molecular weight excluding hydrogens is 250 g/mol. The van der Waals surface area contributed by atoms with Crippen LogP contribution in [0.4, 0.5) is 0 Å². The van der Waals surface area contributed by atoms with E-state index in [-0.39, 0.29) is 0 Å². The molecule has 2 fully saturated rings. The van der Waals surface area contributed by atoms with Crippen molar-refractivity contribution in [1.29, 1.82) is 0 Å². The van der Waals surface area contributed by atoms with Gasteiger partial charge in [-0.25, -0.2) is 9.50 Å². The van der Waals surface area contributed by atoms with E-state index in [0.29, 0.717) is 5.41 Å². The molecule has 2 aliphatic heterocycles. The van der Waals surface area contributed by atoms with Crippen LogP contribution >= 0.6 is 0 Å². The summed E-state index contributed by atoms with van der Waals surface area (Å²) in [5, 5.41) is 7.86. The number of piperidine rings is 1. The van der Waals surface area contributed by atoms with E-state index in [4.69, 9.17) is 0 Å². The van der Waals surface area contributed by atoms with Crippen molar-refractivity contribution in [2.75, 3.05) is 26.2 Å². The average Bonchev–Trinajstić information content (AvgIpc) is 3.06. The predicted octanol–water partition coefficient (Wildman–Crippen LogP) is 1.30. The first-order valence-electron chi connectivity index (χ1n) is 7.55. The van der Waals surface area contributed by atoms with Gasteiger partial charge in [0.15, 0.2) is 5.65 Å². The molecule has 0 atom stereocenters. The summed E-state index contributed by atoms with van der Waals surface area (Å²) in [6.07, 6.45) is 9.78. The molecule has 4 rings (SSSR count). The molecule has 0 amide bonds. The quantitative estimate of drug-likeness (QED) is 0.894. The van der Waals surface area contributed by atoms with Gasteiger partial charge in [0, 0.05) is 31.0 Å². The third-order valence-electron chi connectivity index (χ3n) is 4.93. The van der Waals surface area contributed by atoms with Gasteiger partial charge in [-0.15, -0.1) is 0 Å². The lowest BCUT2D eigenvalue weighted by Crippen LogP contribution is -2.38. The van der Waals surface area contributed by atoms with Gasteiger partial charge in [0.2, 0.25) is 0 Å². The van der Waals surface area contributed by atoms with Crippen LogP contribution in [0.2, 0.25) is 0 Å². The van der Waals surface area contributed by atoms with Gasteiger partial charge in [-0.05, 0) is 50.4 Å². The molecule has 1 N–H and O–H groups in total. The Bertz CT molecular complexity index is 599. The van der Waals surface area contributed by atoms with Crippen LogP contribution in [0.15, 0.2) is 24.7 Å². The zero-order valence-corrected chi connectivity index (χ0v) is 11.8. The summed E-state index contributed by atoms with van der Waals surface area (Å²) >= 11 is 0. The minimum absolute atomic E-state index is 0.571. The molecule has 2 aromatic rings. The smallest absolute Gasteiger partial charge is 0.159 e. The van der Waals surface area contributed by atoms with Gasteiger partial charge in [0.25, 0.3) is 0 Å². The number of rotatable bonds is 2. The Morgan fingerprint density at radius 3 is 3.05 bits per heavy atom. The molecule has 5 nitrogen and oxygen atoms in total. The number of hydrogen-bond donors (Lipinski definition) is 1. The number of hydrogen-bond acceptors (Lipinski definition) is 4. The highest BCUT2D eigenvalue weighted by Crippen LogP contribution is 2.39. The second-order valence-corrected chi connectivity index (χ2v) is 6.27. The molecule has 106 valence electrons. The summed E-state index contributed by atoms with van der Waals surface area (Å²) in [6, 6.07) is 1.92. The summed E-state index contributed by atoms with van der Waals surface area (Å²) in [7, 11) is 0. The van der Waals surface area contributed by atoms with Crippen LogP contribution in [0, 0.1) is 5.41 Å². The van der Waals surface area contributed by atoms with Crippen molar-refractivity contribution in [1.82, 2.24) is 24.8 Å². The van der Waals surface area contributed by atoms with Crippen LogP contribution in [0.5, 0.6) is 0 Å². The fourth-order valence-electron chi connectivity index (χ4n) is 3.76. The number of nitrogens with one attached hydrogen (secondary N) is 1. The van der Waals surface area contributed by atoms with Gasteiger partial charge in [0.1, 0.15) is 0 Å². The molecule has 2 saturated heterocycles. The Labute approximate surface area is 119 Å². The maximum Gasteiger partial charge on any atom is 0.159 e. The predicted molar refractivity (Wildman–Crippen MR) is 77.4 cm³/mol. The van der Waals surface area contributed by atoms with Crippen molar-refractivity contribution < 1.29 is 0 Å². The highest BCUT2D eigenvalue weighted by molar-refractivity contribution is 5.45. The van der Waals surface area contributed by atoms with Crippen molar-refractivity contribution >= 4 is 5.65 Å². The van der Waals surface area contributed by atoms with Crippen molar-refractivity contribution in [2.45, 2.75) is 25.8 Å². The van der Waals surface area contributed by atoms with Crippen LogP contribution in [-0.2, 0) is 6.54 Å². The zero-order chi connectivity index (χ0) is 13.4. The van der Waals surface area contributed by atoms with Crippen molar-refractivity contribution in [3.05, 3.63) is 30.2 Å². The highest BCUT2D eigenvalue weighted by atomic mass is 15.2. The topological polar surface area (TPSA) is 45.5 Å². The van der Waals surface area contributed by atoms with E-state index < -0.39 is 0 Å². The lowest BCUT2D eigenvalue weighted by Gasteiger charge is -2.33. The van der Waals surface area contributed by atoms with Gasteiger partial charge in [0.05, 0.1) is 6.20 Å². The standard InChI is InChI=1S/C15H21N5/c1-5-17-14-13(10-18-20(14)8-1)11-19-9-4-15(12-19)2-6-16-7-3-15/h1,5,8,10,16H,2-4,6-7,9,11-12H2. The molecule has 0 aromatic carbocycles. The minimum Gasteiger partial charge on any atom is -0.317 e. The third kappa shape index (κ3) is 2.11. The van der Waals surface area contributed by atoms with E-state index in [0.717, 1.165) is 12.2 Å². The second kappa shape index (κ2) is 4.82. The summed E-state index contributed by atoms with van der Waals surface area (Å²) in [6.45, 7) is 5.80. The molecule has 0 radical (unpaired) electrons. The van der Waals surface area contributed by atoms with Crippen molar-refractivity contribution in [3.8, 4) is 0 Å². The number of likely N-dealkylation sites (tertiary alicyclic amines) is 1. The van der Waals surface area contributed by atoms with Crippen LogP contribution < -0.4 is 5.32 Å². The van der Waals surface area contributed by atoms with Gasteiger partial charge >= 0.3 is 0 Å². The lowest BCUT2D eigenvalue weighted by molar-refractivity contribution is 0.194. The Balaban J connectivity index is 1.50. The maximum atomic E-state index is 4.45.